The summed E-state index contributed by atoms with van der Waals surface area (Å²) >= 11 is 0. The molecular weight excluding hydrogens is 315 g/mol. The highest BCUT2D eigenvalue weighted by Gasteiger charge is 2.44. The van der Waals surface area contributed by atoms with Crippen LogP contribution in [0.1, 0.15) is 30.7 Å². The highest BCUT2D eigenvalue weighted by atomic mass is 19.1. The van der Waals surface area contributed by atoms with Gasteiger partial charge in [-0.3, -0.25) is 4.79 Å². The molecule has 0 aromatic heterocycles. The minimum Gasteiger partial charge on any atom is -0.371 e. The highest BCUT2D eigenvalue weighted by Crippen LogP contribution is 2.47. The molecule has 2 aliphatic rings. The second-order valence-corrected chi connectivity index (χ2v) is 7.11. The van der Waals surface area contributed by atoms with Crippen LogP contribution in [0, 0.1) is 11.7 Å². The van der Waals surface area contributed by atoms with E-state index in [0.717, 1.165) is 37.9 Å². The van der Waals surface area contributed by atoms with Crippen LogP contribution in [0.25, 0.3) is 0 Å². The van der Waals surface area contributed by atoms with E-state index in [9.17, 15) is 9.18 Å². The van der Waals surface area contributed by atoms with Gasteiger partial charge < -0.3 is 10.2 Å². The van der Waals surface area contributed by atoms with E-state index in [4.69, 9.17) is 0 Å². The van der Waals surface area contributed by atoms with Crippen LogP contribution in [0.4, 0.5) is 10.1 Å². The Morgan fingerprint density at radius 2 is 1.68 bits per heavy atom. The quantitative estimate of drug-likeness (QED) is 0.922. The van der Waals surface area contributed by atoms with E-state index in [1.165, 1.54) is 17.8 Å². The van der Waals surface area contributed by atoms with Gasteiger partial charge in [-0.05, 0) is 55.0 Å². The minimum absolute atomic E-state index is 0.0533. The number of hydrogen-bond donors (Lipinski definition) is 1. The van der Waals surface area contributed by atoms with Gasteiger partial charge in [0.05, 0.1) is 0 Å². The van der Waals surface area contributed by atoms with E-state index in [1.54, 1.807) is 12.1 Å². The fraction of sp³-hybridized carbons (Fsp3) is 0.381. The van der Waals surface area contributed by atoms with Crippen molar-refractivity contribution in [3.8, 4) is 0 Å². The van der Waals surface area contributed by atoms with Crippen LogP contribution in [0.3, 0.4) is 0 Å². The predicted molar refractivity (Wildman–Crippen MR) is 97.1 cm³/mol. The maximum atomic E-state index is 13.0. The van der Waals surface area contributed by atoms with E-state index in [-0.39, 0.29) is 29.6 Å². The van der Waals surface area contributed by atoms with E-state index >= 15 is 0 Å². The number of rotatable bonds is 4. The first-order valence-corrected chi connectivity index (χ1v) is 9.06. The van der Waals surface area contributed by atoms with Gasteiger partial charge in [-0.2, -0.15) is 0 Å². The average molecular weight is 338 g/mol. The van der Waals surface area contributed by atoms with Crippen molar-refractivity contribution in [2.24, 2.45) is 5.92 Å². The van der Waals surface area contributed by atoms with Crippen molar-refractivity contribution in [2.75, 3.05) is 18.0 Å². The summed E-state index contributed by atoms with van der Waals surface area (Å²) in [7, 11) is 0. The molecule has 3 nitrogen and oxygen atoms in total. The van der Waals surface area contributed by atoms with E-state index in [1.807, 2.05) is 6.07 Å². The molecule has 2 unspecified atom stereocenters. The molecule has 2 aromatic rings. The molecule has 4 rings (SSSR count). The lowest BCUT2D eigenvalue weighted by molar-refractivity contribution is -0.123. The monoisotopic (exact) mass is 338 g/mol. The Bertz CT molecular complexity index is 723. The number of hydrogen-bond acceptors (Lipinski definition) is 2. The first-order valence-electron chi connectivity index (χ1n) is 9.06. The van der Waals surface area contributed by atoms with E-state index in [2.05, 4.69) is 34.5 Å². The molecule has 0 spiro atoms. The lowest BCUT2D eigenvalue weighted by atomic mass is 10.0. The Morgan fingerprint density at radius 1 is 1.00 bits per heavy atom. The van der Waals surface area contributed by atoms with Crippen molar-refractivity contribution in [3.63, 3.8) is 0 Å². The van der Waals surface area contributed by atoms with Crippen LogP contribution in [-0.2, 0) is 4.79 Å². The van der Waals surface area contributed by atoms with Gasteiger partial charge >= 0.3 is 0 Å². The molecule has 1 heterocycles. The Kier molecular flexibility index (Phi) is 4.43. The van der Waals surface area contributed by atoms with Crippen LogP contribution >= 0.6 is 0 Å². The van der Waals surface area contributed by atoms with Crippen molar-refractivity contribution in [1.82, 2.24) is 5.32 Å². The first-order chi connectivity index (χ1) is 12.2. The van der Waals surface area contributed by atoms with Gasteiger partial charge in [0.1, 0.15) is 5.82 Å². The number of carbonyl (C=O) groups is 1. The third kappa shape index (κ3) is 3.68. The van der Waals surface area contributed by atoms with Gasteiger partial charge in [0, 0.05) is 30.7 Å². The summed E-state index contributed by atoms with van der Waals surface area (Å²) in [6.45, 7) is 1.95. The molecule has 130 valence electrons. The summed E-state index contributed by atoms with van der Waals surface area (Å²) in [5.41, 5.74) is 2.33. The van der Waals surface area contributed by atoms with Gasteiger partial charge in [0.25, 0.3) is 0 Å². The van der Waals surface area contributed by atoms with E-state index in [0.29, 0.717) is 0 Å². The highest BCUT2D eigenvalue weighted by molar-refractivity contribution is 5.83. The Labute approximate surface area is 147 Å². The van der Waals surface area contributed by atoms with Gasteiger partial charge in [0.2, 0.25) is 5.91 Å². The van der Waals surface area contributed by atoms with Crippen molar-refractivity contribution in [2.45, 2.75) is 31.2 Å². The SMILES string of the molecule is O=C(NC1CCN(c2ccccc2)CC1)C1CC1c1ccc(F)cc1. The molecule has 0 radical (unpaired) electrons. The molecule has 0 bridgehead atoms. The van der Waals surface area contributed by atoms with Crippen molar-refractivity contribution in [3.05, 3.63) is 66.0 Å². The fourth-order valence-electron chi connectivity index (χ4n) is 3.79. The van der Waals surface area contributed by atoms with Crippen LogP contribution in [0.15, 0.2) is 54.6 Å². The fourth-order valence-corrected chi connectivity index (χ4v) is 3.79. The molecule has 2 aromatic carbocycles. The summed E-state index contributed by atoms with van der Waals surface area (Å²) in [6.07, 6.45) is 2.84. The number of halogens is 1. The Hall–Kier alpha value is -2.36. The lowest BCUT2D eigenvalue weighted by Gasteiger charge is -2.34. The number of para-hydroxylation sites is 1. The molecule has 25 heavy (non-hydrogen) atoms. The summed E-state index contributed by atoms with van der Waals surface area (Å²) < 4.78 is 13.0. The zero-order valence-corrected chi connectivity index (χ0v) is 14.2. The first kappa shape index (κ1) is 16.1. The number of carbonyl (C=O) groups excluding carboxylic acids is 1. The molecule has 2 atom stereocenters. The van der Waals surface area contributed by atoms with Crippen LogP contribution in [-0.4, -0.2) is 25.0 Å². The van der Waals surface area contributed by atoms with Gasteiger partial charge in [-0.1, -0.05) is 30.3 Å². The molecular formula is C21H23FN2O. The number of piperidine rings is 1. The smallest absolute Gasteiger partial charge is 0.223 e. The standard InChI is InChI=1S/C21H23FN2O/c22-16-8-6-15(7-9-16)19-14-20(19)21(25)23-17-10-12-24(13-11-17)18-4-2-1-3-5-18/h1-9,17,19-20H,10-14H2,(H,23,25). The number of nitrogens with zero attached hydrogens (tertiary/aromatic N) is 1. The van der Waals surface area contributed by atoms with Crippen molar-refractivity contribution >= 4 is 11.6 Å². The van der Waals surface area contributed by atoms with Crippen molar-refractivity contribution < 1.29 is 9.18 Å². The molecule has 1 saturated heterocycles. The lowest BCUT2D eigenvalue weighted by Crippen LogP contribution is -2.45. The van der Waals surface area contributed by atoms with E-state index < -0.39 is 0 Å². The largest absolute Gasteiger partial charge is 0.371 e. The Balaban J connectivity index is 1.26. The van der Waals surface area contributed by atoms with Gasteiger partial charge in [-0.25, -0.2) is 4.39 Å². The van der Waals surface area contributed by atoms with Gasteiger partial charge in [0.15, 0.2) is 0 Å². The molecule has 2 fully saturated rings. The molecule has 1 N–H and O–H groups in total. The summed E-state index contributed by atoms with van der Waals surface area (Å²) in [4.78, 5) is 14.9. The second-order valence-electron chi connectivity index (χ2n) is 7.11. The minimum atomic E-state index is -0.226. The third-order valence-corrected chi connectivity index (χ3v) is 5.39. The van der Waals surface area contributed by atoms with Gasteiger partial charge in [-0.15, -0.1) is 0 Å². The number of benzene rings is 2. The summed E-state index contributed by atoms with van der Waals surface area (Å²) in [5, 5.41) is 3.22. The predicted octanol–water partition coefficient (Wildman–Crippen LogP) is 3.71. The third-order valence-electron chi connectivity index (χ3n) is 5.39. The molecule has 1 aliphatic carbocycles. The summed E-state index contributed by atoms with van der Waals surface area (Å²) in [5.74, 6) is 0.241. The normalized spacial score (nSPS) is 23.3. The van der Waals surface area contributed by atoms with Crippen LogP contribution in [0.5, 0.6) is 0 Å². The van der Waals surface area contributed by atoms with Crippen molar-refractivity contribution in [1.29, 1.82) is 0 Å². The van der Waals surface area contributed by atoms with Crippen LogP contribution in [0.2, 0.25) is 0 Å². The molecule has 1 aliphatic heterocycles. The molecule has 1 amide bonds. The van der Waals surface area contributed by atoms with Crippen LogP contribution < -0.4 is 10.2 Å². The summed E-state index contributed by atoms with van der Waals surface area (Å²) in [6, 6.07) is 17.2. The zero-order valence-electron chi connectivity index (χ0n) is 14.2. The molecule has 1 saturated carbocycles. The second kappa shape index (κ2) is 6.87. The number of anilines is 1. The number of nitrogens with one attached hydrogen (secondary N) is 1. The maximum Gasteiger partial charge on any atom is 0.223 e. The zero-order chi connectivity index (χ0) is 17.2. The maximum absolute atomic E-state index is 13.0. The topological polar surface area (TPSA) is 32.3 Å². The molecule has 4 heteroatoms. The average Bonchev–Trinajstić information content (AvgIpc) is 3.45. The Morgan fingerprint density at radius 3 is 2.36 bits per heavy atom. The number of amides is 1.